The van der Waals surface area contributed by atoms with Crippen LogP contribution in [0.1, 0.15) is 5.56 Å². The van der Waals surface area contributed by atoms with Crippen LogP contribution in [-0.2, 0) is 4.79 Å². The highest BCUT2D eigenvalue weighted by molar-refractivity contribution is 7.99. The van der Waals surface area contributed by atoms with Crippen molar-refractivity contribution in [2.24, 2.45) is 0 Å². The number of halogens is 1. The summed E-state index contributed by atoms with van der Waals surface area (Å²) in [4.78, 5) is 12.2. The second-order valence-electron chi connectivity index (χ2n) is 5.39. The standard InChI is InChI=1S/C17H16ClN5O2S/c1-11-3-8-15(14(18)9-11)19-16(24)10-26-17-20-21-22-23(17)12-4-6-13(25-2)7-5-12/h3-9H,10H2,1-2H3,(H,19,24). The van der Waals surface area contributed by atoms with Crippen LogP contribution in [0.15, 0.2) is 47.6 Å². The number of rotatable bonds is 6. The summed E-state index contributed by atoms with van der Waals surface area (Å²) >= 11 is 7.37. The van der Waals surface area contributed by atoms with Gasteiger partial charge in [-0.15, -0.1) is 5.10 Å². The Bertz CT molecular complexity index is 914. The minimum Gasteiger partial charge on any atom is -0.497 e. The van der Waals surface area contributed by atoms with Crippen molar-refractivity contribution >= 4 is 35.0 Å². The normalized spacial score (nSPS) is 10.6. The second-order valence-corrected chi connectivity index (χ2v) is 6.74. The molecule has 0 saturated carbocycles. The number of anilines is 1. The molecule has 1 aromatic heterocycles. The fourth-order valence-corrected chi connectivity index (χ4v) is 3.17. The summed E-state index contributed by atoms with van der Waals surface area (Å²) in [5.41, 5.74) is 2.39. The van der Waals surface area contributed by atoms with E-state index in [1.54, 1.807) is 23.9 Å². The molecule has 3 rings (SSSR count). The molecule has 0 aliphatic rings. The van der Waals surface area contributed by atoms with Gasteiger partial charge in [0, 0.05) is 0 Å². The maximum absolute atomic E-state index is 12.2. The number of benzene rings is 2. The maximum Gasteiger partial charge on any atom is 0.234 e. The molecule has 0 aliphatic heterocycles. The van der Waals surface area contributed by atoms with Gasteiger partial charge >= 0.3 is 0 Å². The number of nitrogens with zero attached hydrogens (tertiary/aromatic N) is 4. The number of thioether (sulfide) groups is 1. The van der Waals surface area contributed by atoms with E-state index in [9.17, 15) is 4.79 Å². The molecule has 9 heteroatoms. The molecule has 1 amide bonds. The summed E-state index contributed by atoms with van der Waals surface area (Å²) in [5.74, 6) is 0.705. The molecule has 1 heterocycles. The van der Waals surface area contributed by atoms with Crippen molar-refractivity contribution in [1.29, 1.82) is 0 Å². The van der Waals surface area contributed by atoms with Gasteiger partial charge < -0.3 is 10.1 Å². The van der Waals surface area contributed by atoms with Gasteiger partial charge in [0.25, 0.3) is 0 Å². The smallest absolute Gasteiger partial charge is 0.234 e. The Morgan fingerprint density at radius 3 is 2.73 bits per heavy atom. The molecule has 7 nitrogen and oxygen atoms in total. The third-order valence-electron chi connectivity index (χ3n) is 3.49. The van der Waals surface area contributed by atoms with Crippen molar-refractivity contribution in [2.75, 3.05) is 18.2 Å². The van der Waals surface area contributed by atoms with E-state index in [2.05, 4.69) is 20.8 Å². The van der Waals surface area contributed by atoms with Crippen LogP contribution in [0.2, 0.25) is 5.02 Å². The number of aryl methyl sites for hydroxylation is 1. The molecule has 0 saturated heterocycles. The number of methoxy groups -OCH3 is 1. The Kier molecular flexibility index (Phi) is 5.75. The van der Waals surface area contributed by atoms with Crippen LogP contribution in [0.25, 0.3) is 5.69 Å². The van der Waals surface area contributed by atoms with E-state index in [1.165, 1.54) is 11.8 Å². The van der Waals surface area contributed by atoms with Gasteiger partial charge in [-0.3, -0.25) is 4.79 Å². The van der Waals surface area contributed by atoms with E-state index in [0.29, 0.717) is 15.9 Å². The lowest BCUT2D eigenvalue weighted by Gasteiger charge is -2.08. The van der Waals surface area contributed by atoms with Crippen LogP contribution < -0.4 is 10.1 Å². The lowest BCUT2D eigenvalue weighted by molar-refractivity contribution is -0.113. The maximum atomic E-state index is 12.2. The molecule has 0 aliphatic carbocycles. The van der Waals surface area contributed by atoms with Crippen LogP contribution >= 0.6 is 23.4 Å². The van der Waals surface area contributed by atoms with E-state index >= 15 is 0 Å². The predicted octanol–water partition coefficient (Wildman–Crippen LogP) is 3.36. The fraction of sp³-hybridized carbons (Fsp3) is 0.176. The summed E-state index contributed by atoms with van der Waals surface area (Å²) in [6, 6.07) is 12.8. The highest BCUT2D eigenvalue weighted by Crippen LogP contribution is 2.24. The van der Waals surface area contributed by atoms with Crippen LogP contribution in [0.4, 0.5) is 5.69 Å². The van der Waals surface area contributed by atoms with Crippen LogP contribution in [0, 0.1) is 6.92 Å². The molecule has 0 bridgehead atoms. The Morgan fingerprint density at radius 1 is 1.27 bits per heavy atom. The van der Waals surface area contributed by atoms with Crippen LogP contribution in [0.3, 0.4) is 0 Å². The number of hydrogen-bond donors (Lipinski definition) is 1. The minimum atomic E-state index is -0.190. The molecule has 0 radical (unpaired) electrons. The predicted molar refractivity (Wildman–Crippen MR) is 101 cm³/mol. The zero-order valence-electron chi connectivity index (χ0n) is 14.1. The summed E-state index contributed by atoms with van der Waals surface area (Å²) < 4.78 is 6.71. The third kappa shape index (κ3) is 4.33. The largest absolute Gasteiger partial charge is 0.497 e. The second kappa shape index (κ2) is 8.20. The van der Waals surface area contributed by atoms with E-state index in [4.69, 9.17) is 16.3 Å². The molecule has 0 fully saturated rings. The lowest BCUT2D eigenvalue weighted by Crippen LogP contribution is -2.15. The number of ether oxygens (including phenoxy) is 1. The SMILES string of the molecule is COc1ccc(-n2nnnc2SCC(=O)Nc2ccc(C)cc2Cl)cc1. The average molecular weight is 390 g/mol. The highest BCUT2D eigenvalue weighted by atomic mass is 35.5. The number of carbonyl (C=O) groups excluding carboxylic acids is 1. The van der Waals surface area contributed by atoms with Crippen molar-refractivity contribution in [3.63, 3.8) is 0 Å². The molecule has 26 heavy (non-hydrogen) atoms. The Morgan fingerprint density at radius 2 is 2.04 bits per heavy atom. The first-order valence-corrected chi connectivity index (χ1v) is 9.05. The summed E-state index contributed by atoms with van der Waals surface area (Å²) in [6.45, 7) is 1.94. The molecule has 3 aromatic rings. The van der Waals surface area contributed by atoms with Gasteiger partial charge in [-0.05, 0) is 59.3 Å². The van der Waals surface area contributed by atoms with Crippen LogP contribution in [0.5, 0.6) is 5.75 Å². The minimum absolute atomic E-state index is 0.154. The molecular weight excluding hydrogens is 374 g/mol. The zero-order valence-corrected chi connectivity index (χ0v) is 15.7. The topological polar surface area (TPSA) is 81.9 Å². The Labute approximate surface area is 159 Å². The molecule has 0 unspecified atom stereocenters. The molecule has 134 valence electrons. The summed E-state index contributed by atoms with van der Waals surface area (Å²) in [7, 11) is 1.60. The summed E-state index contributed by atoms with van der Waals surface area (Å²) in [5, 5.41) is 15.4. The monoisotopic (exact) mass is 389 g/mol. The highest BCUT2D eigenvalue weighted by Gasteiger charge is 2.12. The number of amides is 1. The Balaban J connectivity index is 1.64. The molecule has 1 N–H and O–H groups in total. The number of carbonyl (C=O) groups is 1. The van der Waals surface area contributed by atoms with Gasteiger partial charge in [-0.2, -0.15) is 4.68 Å². The zero-order chi connectivity index (χ0) is 18.5. The van der Waals surface area contributed by atoms with Gasteiger partial charge in [0.05, 0.1) is 29.3 Å². The molecule has 2 aromatic carbocycles. The number of tetrazole rings is 1. The summed E-state index contributed by atoms with van der Waals surface area (Å²) in [6.07, 6.45) is 0. The van der Waals surface area contributed by atoms with E-state index in [0.717, 1.165) is 17.0 Å². The first-order valence-electron chi connectivity index (χ1n) is 7.68. The first-order chi connectivity index (χ1) is 12.6. The van der Waals surface area contributed by atoms with E-state index in [1.807, 2.05) is 37.3 Å². The first kappa shape index (κ1) is 18.2. The van der Waals surface area contributed by atoms with E-state index < -0.39 is 0 Å². The van der Waals surface area contributed by atoms with Crippen molar-refractivity contribution in [2.45, 2.75) is 12.1 Å². The fourth-order valence-electron chi connectivity index (χ4n) is 2.19. The van der Waals surface area contributed by atoms with Gasteiger partial charge in [-0.25, -0.2) is 0 Å². The van der Waals surface area contributed by atoms with Crippen molar-refractivity contribution in [3.05, 3.63) is 53.1 Å². The average Bonchev–Trinajstić information content (AvgIpc) is 3.11. The lowest BCUT2D eigenvalue weighted by atomic mass is 10.2. The molecule has 0 atom stereocenters. The number of nitrogens with one attached hydrogen (secondary N) is 1. The van der Waals surface area contributed by atoms with E-state index in [-0.39, 0.29) is 11.7 Å². The van der Waals surface area contributed by atoms with Gasteiger partial charge in [-0.1, -0.05) is 29.4 Å². The third-order valence-corrected chi connectivity index (χ3v) is 4.72. The Hall–Kier alpha value is -2.58. The molecule has 0 spiro atoms. The molecular formula is C17H16ClN5O2S. The van der Waals surface area contributed by atoms with Crippen LogP contribution in [-0.4, -0.2) is 39.0 Å². The van der Waals surface area contributed by atoms with Gasteiger partial charge in [0.1, 0.15) is 5.75 Å². The van der Waals surface area contributed by atoms with Gasteiger partial charge in [0.2, 0.25) is 11.1 Å². The number of aromatic nitrogens is 4. The number of hydrogen-bond acceptors (Lipinski definition) is 6. The van der Waals surface area contributed by atoms with Crippen molar-refractivity contribution in [3.8, 4) is 11.4 Å². The van der Waals surface area contributed by atoms with Crippen molar-refractivity contribution < 1.29 is 9.53 Å². The quantitative estimate of drug-likeness (QED) is 0.651. The van der Waals surface area contributed by atoms with Crippen molar-refractivity contribution in [1.82, 2.24) is 20.2 Å². The van der Waals surface area contributed by atoms with Gasteiger partial charge in [0.15, 0.2) is 0 Å².